The summed E-state index contributed by atoms with van der Waals surface area (Å²) in [5.74, 6) is 0.167. The number of nitrogens with one attached hydrogen (secondary N) is 1. The molecule has 0 aliphatic carbocycles. The van der Waals surface area contributed by atoms with Crippen molar-refractivity contribution in [1.29, 1.82) is 5.41 Å². The second-order valence-electron chi connectivity index (χ2n) is 4.58. The van der Waals surface area contributed by atoms with Crippen LogP contribution in [0.15, 0.2) is 24.3 Å². The van der Waals surface area contributed by atoms with Gasteiger partial charge in [0.2, 0.25) is 0 Å². The Bertz CT molecular complexity index is 393. The topological polar surface area (TPSA) is 50.2 Å². The molecule has 0 aliphatic rings. The van der Waals surface area contributed by atoms with E-state index in [1.165, 1.54) is 0 Å². The van der Waals surface area contributed by atoms with Crippen molar-refractivity contribution in [3.05, 3.63) is 35.4 Å². The molecule has 0 heterocycles. The van der Waals surface area contributed by atoms with E-state index in [4.69, 9.17) is 10.1 Å². The standard InChI is InChI=1S/C14H19NO2/c1-10(2)9-17-14(16)8-12-4-6-13(7-5-12)11(3)15/h4-7,10,15H,8-9H2,1-3H3. The van der Waals surface area contributed by atoms with Gasteiger partial charge in [0.1, 0.15) is 0 Å². The van der Waals surface area contributed by atoms with E-state index in [1.807, 2.05) is 38.1 Å². The van der Waals surface area contributed by atoms with Crippen LogP contribution in [0.3, 0.4) is 0 Å². The van der Waals surface area contributed by atoms with Gasteiger partial charge >= 0.3 is 5.97 Å². The lowest BCUT2D eigenvalue weighted by molar-refractivity contribution is -0.143. The molecule has 0 unspecified atom stereocenters. The second kappa shape index (κ2) is 6.18. The Morgan fingerprint density at radius 1 is 1.29 bits per heavy atom. The Balaban J connectivity index is 2.51. The third kappa shape index (κ3) is 4.81. The molecule has 0 bridgehead atoms. The molecule has 1 aromatic rings. The van der Waals surface area contributed by atoms with Gasteiger partial charge < -0.3 is 10.1 Å². The van der Waals surface area contributed by atoms with Crippen molar-refractivity contribution in [2.24, 2.45) is 5.92 Å². The highest BCUT2D eigenvalue weighted by molar-refractivity contribution is 5.96. The SMILES string of the molecule is CC(=N)c1ccc(CC(=O)OCC(C)C)cc1. The van der Waals surface area contributed by atoms with Gasteiger partial charge in [0.05, 0.1) is 13.0 Å². The highest BCUT2D eigenvalue weighted by atomic mass is 16.5. The number of rotatable bonds is 5. The summed E-state index contributed by atoms with van der Waals surface area (Å²) in [5.41, 5.74) is 2.33. The number of hydrogen-bond acceptors (Lipinski definition) is 3. The molecule has 0 atom stereocenters. The Morgan fingerprint density at radius 2 is 1.88 bits per heavy atom. The predicted molar refractivity (Wildman–Crippen MR) is 68.4 cm³/mol. The lowest BCUT2D eigenvalue weighted by Crippen LogP contribution is -2.12. The first-order chi connectivity index (χ1) is 7.99. The summed E-state index contributed by atoms with van der Waals surface area (Å²) in [6.45, 7) is 6.23. The maximum Gasteiger partial charge on any atom is 0.310 e. The number of carbonyl (C=O) groups is 1. The zero-order chi connectivity index (χ0) is 12.8. The Hall–Kier alpha value is -1.64. The van der Waals surface area contributed by atoms with Crippen LogP contribution >= 0.6 is 0 Å². The molecule has 0 fully saturated rings. The van der Waals surface area contributed by atoms with E-state index >= 15 is 0 Å². The molecule has 0 radical (unpaired) electrons. The minimum absolute atomic E-state index is 0.196. The van der Waals surface area contributed by atoms with Crippen molar-refractivity contribution in [1.82, 2.24) is 0 Å². The van der Waals surface area contributed by atoms with E-state index in [0.29, 0.717) is 24.7 Å². The van der Waals surface area contributed by atoms with Crippen LogP contribution in [-0.4, -0.2) is 18.3 Å². The predicted octanol–water partition coefficient (Wildman–Crippen LogP) is 2.82. The molecular weight excluding hydrogens is 214 g/mol. The van der Waals surface area contributed by atoms with Crippen molar-refractivity contribution >= 4 is 11.7 Å². The quantitative estimate of drug-likeness (QED) is 0.628. The molecule has 1 N–H and O–H groups in total. The summed E-state index contributed by atoms with van der Waals surface area (Å²) in [4.78, 5) is 11.5. The van der Waals surface area contributed by atoms with Crippen molar-refractivity contribution in [3.8, 4) is 0 Å². The normalized spacial score (nSPS) is 10.4. The molecule has 0 spiro atoms. The zero-order valence-corrected chi connectivity index (χ0v) is 10.6. The van der Waals surface area contributed by atoms with Crippen molar-refractivity contribution < 1.29 is 9.53 Å². The van der Waals surface area contributed by atoms with Crippen molar-refractivity contribution in [3.63, 3.8) is 0 Å². The first-order valence-corrected chi connectivity index (χ1v) is 5.79. The van der Waals surface area contributed by atoms with Gasteiger partial charge in [0.15, 0.2) is 0 Å². The summed E-state index contributed by atoms with van der Waals surface area (Å²) in [6.07, 6.45) is 0.296. The summed E-state index contributed by atoms with van der Waals surface area (Å²) in [7, 11) is 0. The van der Waals surface area contributed by atoms with Crippen LogP contribution in [0, 0.1) is 11.3 Å². The molecule has 3 heteroatoms. The van der Waals surface area contributed by atoms with Crippen molar-refractivity contribution in [2.45, 2.75) is 27.2 Å². The van der Waals surface area contributed by atoms with Crippen LogP contribution < -0.4 is 0 Å². The highest BCUT2D eigenvalue weighted by Crippen LogP contribution is 2.07. The van der Waals surface area contributed by atoms with Crippen LogP contribution in [-0.2, 0) is 16.0 Å². The molecule has 1 aromatic carbocycles. The van der Waals surface area contributed by atoms with Crippen LogP contribution in [0.1, 0.15) is 31.9 Å². The fourth-order valence-corrected chi connectivity index (χ4v) is 1.35. The number of hydrogen-bond donors (Lipinski definition) is 1. The molecule has 17 heavy (non-hydrogen) atoms. The molecule has 3 nitrogen and oxygen atoms in total. The molecule has 0 saturated heterocycles. The van der Waals surface area contributed by atoms with Gasteiger partial charge in [-0.05, 0) is 24.0 Å². The Morgan fingerprint density at radius 3 is 2.35 bits per heavy atom. The van der Waals surface area contributed by atoms with Gasteiger partial charge in [-0.2, -0.15) is 0 Å². The molecule has 0 saturated carbocycles. The fourth-order valence-electron chi connectivity index (χ4n) is 1.35. The molecule has 1 rings (SSSR count). The number of esters is 1. The Kier molecular flexibility index (Phi) is 4.88. The van der Waals surface area contributed by atoms with Crippen LogP contribution in [0.4, 0.5) is 0 Å². The third-order valence-corrected chi connectivity index (χ3v) is 2.31. The van der Waals surface area contributed by atoms with Gasteiger partial charge in [0.25, 0.3) is 0 Å². The molecule has 92 valence electrons. The van der Waals surface area contributed by atoms with Crippen LogP contribution in [0.2, 0.25) is 0 Å². The molecule has 0 aliphatic heterocycles. The minimum atomic E-state index is -0.196. The number of carbonyl (C=O) groups excluding carboxylic acids is 1. The number of ether oxygens (including phenoxy) is 1. The Labute approximate surface area is 102 Å². The zero-order valence-electron chi connectivity index (χ0n) is 10.6. The van der Waals surface area contributed by atoms with E-state index in [9.17, 15) is 4.79 Å². The molecule has 0 amide bonds. The smallest absolute Gasteiger partial charge is 0.310 e. The lowest BCUT2D eigenvalue weighted by atomic mass is 10.1. The summed E-state index contributed by atoms with van der Waals surface area (Å²) < 4.78 is 5.10. The molecular formula is C14H19NO2. The van der Waals surface area contributed by atoms with E-state index in [2.05, 4.69) is 0 Å². The monoisotopic (exact) mass is 233 g/mol. The van der Waals surface area contributed by atoms with E-state index in [0.717, 1.165) is 11.1 Å². The van der Waals surface area contributed by atoms with Gasteiger partial charge in [0, 0.05) is 5.71 Å². The van der Waals surface area contributed by atoms with Gasteiger partial charge in [-0.3, -0.25) is 4.79 Å². The highest BCUT2D eigenvalue weighted by Gasteiger charge is 2.06. The van der Waals surface area contributed by atoms with Gasteiger partial charge in [-0.15, -0.1) is 0 Å². The van der Waals surface area contributed by atoms with Crippen LogP contribution in [0.5, 0.6) is 0 Å². The summed E-state index contributed by atoms with van der Waals surface area (Å²) in [5, 5.41) is 7.47. The first kappa shape index (κ1) is 13.4. The number of benzene rings is 1. The van der Waals surface area contributed by atoms with Crippen LogP contribution in [0.25, 0.3) is 0 Å². The van der Waals surface area contributed by atoms with Crippen molar-refractivity contribution in [2.75, 3.05) is 6.61 Å². The second-order valence-corrected chi connectivity index (χ2v) is 4.58. The summed E-state index contributed by atoms with van der Waals surface area (Å²) >= 11 is 0. The van der Waals surface area contributed by atoms with Gasteiger partial charge in [-0.1, -0.05) is 38.1 Å². The van der Waals surface area contributed by atoms with Gasteiger partial charge in [-0.25, -0.2) is 0 Å². The lowest BCUT2D eigenvalue weighted by Gasteiger charge is -2.07. The van der Waals surface area contributed by atoms with E-state index < -0.39 is 0 Å². The average Bonchev–Trinajstić information content (AvgIpc) is 2.27. The maximum atomic E-state index is 11.5. The van der Waals surface area contributed by atoms with E-state index in [-0.39, 0.29) is 5.97 Å². The summed E-state index contributed by atoms with van der Waals surface area (Å²) in [6, 6.07) is 7.44. The third-order valence-electron chi connectivity index (χ3n) is 2.31. The largest absolute Gasteiger partial charge is 0.465 e. The average molecular weight is 233 g/mol. The minimum Gasteiger partial charge on any atom is -0.465 e. The maximum absolute atomic E-state index is 11.5. The molecule has 0 aromatic heterocycles. The first-order valence-electron chi connectivity index (χ1n) is 5.79. The van der Waals surface area contributed by atoms with E-state index in [1.54, 1.807) is 6.92 Å². The fraction of sp³-hybridized carbons (Fsp3) is 0.429.